The number of carbonyl (C=O) groups is 2. The van der Waals surface area contributed by atoms with Crippen LogP contribution < -0.4 is 5.32 Å². The van der Waals surface area contributed by atoms with Crippen molar-refractivity contribution in [1.82, 2.24) is 15.4 Å². The molecule has 0 bridgehead atoms. The molecule has 1 N–H and O–H groups in total. The lowest BCUT2D eigenvalue weighted by atomic mass is 9.92. The van der Waals surface area contributed by atoms with Crippen molar-refractivity contribution in [1.29, 1.82) is 0 Å². The van der Waals surface area contributed by atoms with E-state index in [0.717, 1.165) is 17.0 Å². The van der Waals surface area contributed by atoms with Gasteiger partial charge in [0.25, 0.3) is 5.91 Å². The fourth-order valence-corrected chi connectivity index (χ4v) is 2.50. The van der Waals surface area contributed by atoms with Crippen molar-refractivity contribution in [2.75, 3.05) is 0 Å². The predicted octanol–water partition coefficient (Wildman–Crippen LogP) is 2.23. The van der Waals surface area contributed by atoms with Crippen LogP contribution in [-0.2, 0) is 16.9 Å². The van der Waals surface area contributed by atoms with Crippen LogP contribution in [0.15, 0.2) is 28.8 Å². The van der Waals surface area contributed by atoms with Gasteiger partial charge in [0.2, 0.25) is 0 Å². The van der Waals surface area contributed by atoms with Crippen LogP contribution in [0.25, 0.3) is 0 Å². The zero-order valence-corrected chi connectivity index (χ0v) is 12.4. The zero-order valence-electron chi connectivity index (χ0n) is 12.4. The van der Waals surface area contributed by atoms with Crippen molar-refractivity contribution in [3.05, 3.63) is 52.9 Å². The van der Waals surface area contributed by atoms with E-state index in [4.69, 9.17) is 4.52 Å². The van der Waals surface area contributed by atoms with Gasteiger partial charge in [-0.05, 0) is 31.5 Å². The maximum atomic E-state index is 13.4. The number of amides is 3. The van der Waals surface area contributed by atoms with Crippen LogP contribution in [0.4, 0.5) is 13.6 Å². The molecule has 1 saturated heterocycles. The fourth-order valence-electron chi connectivity index (χ4n) is 2.50. The van der Waals surface area contributed by atoms with Crippen molar-refractivity contribution < 1.29 is 22.9 Å². The number of nitrogens with zero attached hydrogens (tertiary/aromatic N) is 2. The molecular formula is C15H13F2N3O3. The minimum atomic E-state index is -1.47. The molecule has 2 aromatic rings. The van der Waals surface area contributed by atoms with Crippen LogP contribution in [0.3, 0.4) is 0 Å². The molecule has 1 aromatic carbocycles. The number of benzene rings is 1. The first kappa shape index (κ1) is 15.1. The lowest BCUT2D eigenvalue weighted by Gasteiger charge is -2.22. The topological polar surface area (TPSA) is 75.4 Å². The quantitative estimate of drug-likeness (QED) is 0.880. The molecule has 0 saturated carbocycles. The van der Waals surface area contributed by atoms with Gasteiger partial charge in [0, 0.05) is 6.07 Å². The summed E-state index contributed by atoms with van der Waals surface area (Å²) >= 11 is 0. The number of rotatable bonds is 3. The Morgan fingerprint density at radius 1 is 1.26 bits per heavy atom. The Balaban J connectivity index is 1.91. The van der Waals surface area contributed by atoms with E-state index in [2.05, 4.69) is 10.5 Å². The van der Waals surface area contributed by atoms with Gasteiger partial charge >= 0.3 is 6.03 Å². The average Bonchev–Trinajstić information content (AvgIpc) is 3.00. The first-order valence-electron chi connectivity index (χ1n) is 6.83. The number of nitrogens with one attached hydrogen (secondary N) is 1. The molecular weight excluding hydrogens is 308 g/mol. The molecule has 2 heterocycles. The van der Waals surface area contributed by atoms with Crippen LogP contribution in [0.2, 0.25) is 0 Å². The summed E-state index contributed by atoms with van der Waals surface area (Å²) < 4.78 is 31.4. The number of carbonyl (C=O) groups excluding carboxylic acids is 2. The number of hydrogen-bond donors (Lipinski definition) is 1. The number of halogens is 2. The maximum Gasteiger partial charge on any atom is 0.325 e. The molecule has 1 aliphatic rings. The van der Waals surface area contributed by atoms with Crippen molar-refractivity contribution in [3.8, 4) is 0 Å². The van der Waals surface area contributed by atoms with Gasteiger partial charge < -0.3 is 9.84 Å². The van der Waals surface area contributed by atoms with Crippen molar-refractivity contribution in [2.24, 2.45) is 0 Å². The van der Waals surface area contributed by atoms with E-state index in [9.17, 15) is 18.4 Å². The highest BCUT2D eigenvalue weighted by molar-refractivity contribution is 6.07. The molecule has 1 aromatic heterocycles. The van der Waals surface area contributed by atoms with Gasteiger partial charge in [-0.25, -0.2) is 13.6 Å². The van der Waals surface area contributed by atoms with E-state index in [-0.39, 0.29) is 12.1 Å². The summed E-state index contributed by atoms with van der Waals surface area (Å²) in [6.45, 7) is 3.06. The number of hydrogen-bond acceptors (Lipinski definition) is 4. The lowest BCUT2D eigenvalue weighted by molar-refractivity contribution is -0.131. The molecule has 1 aliphatic heterocycles. The van der Waals surface area contributed by atoms with Crippen molar-refractivity contribution >= 4 is 11.9 Å². The average molecular weight is 321 g/mol. The summed E-state index contributed by atoms with van der Waals surface area (Å²) in [6.07, 6.45) is 0. The summed E-state index contributed by atoms with van der Waals surface area (Å²) in [5, 5.41) is 6.25. The molecule has 0 radical (unpaired) electrons. The number of aromatic nitrogens is 1. The highest BCUT2D eigenvalue weighted by Gasteiger charge is 2.49. The third kappa shape index (κ3) is 2.45. The van der Waals surface area contributed by atoms with Gasteiger partial charge in [-0.3, -0.25) is 9.69 Å². The van der Waals surface area contributed by atoms with E-state index in [1.807, 2.05) is 0 Å². The molecule has 3 rings (SSSR count). The van der Waals surface area contributed by atoms with Gasteiger partial charge in [-0.2, -0.15) is 0 Å². The number of imide groups is 1. The molecule has 120 valence electrons. The SMILES string of the molecule is Cc1cc(CN2C(=O)NC(C)(c3ccc(F)c(F)c3)C2=O)no1. The molecule has 3 amide bonds. The molecule has 0 aliphatic carbocycles. The Labute approximate surface area is 130 Å². The predicted molar refractivity (Wildman–Crippen MR) is 74.0 cm³/mol. The lowest BCUT2D eigenvalue weighted by Crippen LogP contribution is -2.41. The first-order chi connectivity index (χ1) is 10.8. The smallest absolute Gasteiger partial charge is 0.325 e. The summed E-state index contributed by atoms with van der Waals surface area (Å²) in [5.41, 5.74) is -0.890. The minimum absolute atomic E-state index is 0.0682. The van der Waals surface area contributed by atoms with E-state index in [1.165, 1.54) is 13.0 Å². The Kier molecular flexibility index (Phi) is 3.39. The van der Waals surface area contributed by atoms with Gasteiger partial charge in [0.1, 0.15) is 17.0 Å². The molecule has 1 fully saturated rings. The Bertz CT molecular complexity index is 805. The van der Waals surface area contributed by atoms with Crippen molar-refractivity contribution in [3.63, 3.8) is 0 Å². The molecule has 6 nitrogen and oxygen atoms in total. The molecule has 1 unspecified atom stereocenters. The standard InChI is InChI=1S/C15H13F2N3O3/c1-8-5-10(19-23-8)7-20-13(21)15(2,18-14(20)22)9-3-4-11(16)12(17)6-9/h3-6H,7H2,1-2H3,(H,18,22). The molecule has 8 heteroatoms. The Morgan fingerprint density at radius 2 is 2.00 bits per heavy atom. The molecule has 1 atom stereocenters. The fraction of sp³-hybridized carbons (Fsp3) is 0.267. The third-order valence-corrected chi connectivity index (χ3v) is 3.77. The Morgan fingerprint density at radius 3 is 2.61 bits per heavy atom. The second kappa shape index (κ2) is 5.15. The summed E-state index contributed by atoms with van der Waals surface area (Å²) in [6, 6.07) is 4.05. The van der Waals surface area contributed by atoms with Gasteiger partial charge in [0.05, 0.1) is 6.54 Å². The minimum Gasteiger partial charge on any atom is -0.361 e. The van der Waals surface area contributed by atoms with Crippen molar-refractivity contribution in [2.45, 2.75) is 25.9 Å². The van der Waals surface area contributed by atoms with Gasteiger partial charge in [-0.15, -0.1) is 0 Å². The molecule has 0 spiro atoms. The normalized spacial score (nSPS) is 21.0. The second-order valence-electron chi connectivity index (χ2n) is 5.50. The highest BCUT2D eigenvalue weighted by Crippen LogP contribution is 2.30. The summed E-state index contributed by atoms with van der Waals surface area (Å²) in [4.78, 5) is 25.7. The monoisotopic (exact) mass is 321 g/mol. The zero-order chi connectivity index (χ0) is 16.8. The first-order valence-corrected chi connectivity index (χ1v) is 6.83. The largest absolute Gasteiger partial charge is 0.361 e. The highest BCUT2D eigenvalue weighted by atomic mass is 19.2. The van der Waals surface area contributed by atoms with Crippen LogP contribution >= 0.6 is 0 Å². The van der Waals surface area contributed by atoms with Crippen LogP contribution in [0.1, 0.15) is 23.9 Å². The summed E-state index contributed by atoms with van der Waals surface area (Å²) in [5.74, 6) is -2.13. The second-order valence-corrected chi connectivity index (χ2v) is 5.50. The van der Waals surface area contributed by atoms with E-state index < -0.39 is 29.1 Å². The maximum absolute atomic E-state index is 13.4. The molecule has 23 heavy (non-hydrogen) atoms. The van der Waals surface area contributed by atoms with Crippen LogP contribution in [-0.4, -0.2) is 22.0 Å². The summed E-state index contributed by atoms with van der Waals surface area (Å²) in [7, 11) is 0. The number of urea groups is 1. The van der Waals surface area contributed by atoms with E-state index >= 15 is 0 Å². The van der Waals surface area contributed by atoms with Gasteiger partial charge in [-0.1, -0.05) is 11.2 Å². The van der Waals surface area contributed by atoms with Crippen LogP contribution in [0.5, 0.6) is 0 Å². The number of aryl methyl sites for hydroxylation is 1. The van der Waals surface area contributed by atoms with Gasteiger partial charge in [0.15, 0.2) is 11.6 Å². The van der Waals surface area contributed by atoms with E-state index in [0.29, 0.717) is 11.5 Å². The third-order valence-electron chi connectivity index (χ3n) is 3.77. The Hall–Kier alpha value is -2.77. The van der Waals surface area contributed by atoms with E-state index in [1.54, 1.807) is 13.0 Å². The van der Waals surface area contributed by atoms with Crippen LogP contribution in [0, 0.1) is 18.6 Å².